The van der Waals surface area contributed by atoms with Crippen LogP contribution in [0.25, 0.3) is 0 Å². The molecule has 1 N–H and O–H groups in total. The van der Waals surface area contributed by atoms with Gasteiger partial charge in [0.1, 0.15) is 5.82 Å². The van der Waals surface area contributed by atoms with E-state index in [1.165, 1.54) is 11.1 Å². The van der Waals surface area contributed by atoms with Crippen LogP contribution in [0.5, 0.6) is 0 Å². The van der Waals surface area contributed by atoms with E-state index in [1.54, 1.807) is 0 Å². The number of anilines is 1. The summed E-state index contributed by atoms with van der Waals surface area (Å²) in [5.41, 5.74) is 2.54. The molecule has 0 unspecified atom stereocenters. The Morgan fingerprint density at radius 1 is 1.10 bits per heavy atom. The Morgan fingerprint density at radius 3 is 2.50 bits per heavy atom. The van der Waals surface area contributed by atoms with E-state index in [0.29, 0.717) is 6.04 Å². The van der Waals surface area contributed by atoms with Gasteiger partial charge in [0.05, 0.1) is 0 Å². The monoisotopic (exact) mass is 269 g/mol. The lowest BCUT2D eigenvalue weighted by Crippen LogP contribution is -2.32. The Morgan fingerprint density at radius 2 is 1.85 bits per heavy atom. The maximum absolute atomic E-state index is 4.60. The molecule has 2 rings (SSSR count). The van der Waals surface area contributed by atoms with Crippen LogP contribution in [-0.2, 0) is 13.1 Å². The minimum absolute atomic E-state index is 0.403. The van der Waals surface area contributed by atoms with Gasteiger partial charge >= 0.3 is 0 Å². The number of pyridine rings is 1. The Hall–Kier alpha value is -1.87. The summed E-state index contributed by atoms with van der Waals surface area (Å²) in [4.78, 5) is 6.95. The van der Waals surface area contributed by atoms with Gasteiger partial charge in [0.15, 0.2) is 0 Å². The maximum atomic E-state index is 4.60. The second-order valence-corrected chi connectivity index (χ2v) is 5.22. The molecule has 0 saturated heterocycles. The van der Waals surface area contributed by atoms with E-state index < -0.39 is 0 Å². The van der Waals surface area contributed by atoms with Crippen LogP contribution >= 0.6 is 0 Å². The van der Waals surface area contributed by atoms with Gasteiger partial charge in [-0.25, -0.2) is 4.98 Å². The molecule has 0 bridgehead atoms. The third-order valence-electron chi connectivity index (χ3n) is 3.33. The van der Waals surface area contributed by atoms with E-state index in [1.807, 2.05) is 19.3 Å². The molecule has 0 aliphatic carbocycles. The second kappa shape index (κ2) is 7.06. The fraction of sp³-hybridized carbons (Fsp3) is 0.353. The van der Waals surface area contributed by atoms with Gasteiger partial charge in [-0.2, -0.15) is 0 Å². The first-order valence-corrected chi connectivity index (χ1v) is 7.11. The van der Waals surface area contributed by atoms with E-state index in [2.05, 4.69) is 65.4 Å². The number of nitrogens with zero attached hydrogens (tertiary/aromatic N) is 2. The first kappa shape index (κ1) is 14.5. The number of nitrogens with one attached hydrogen (secondary N) is 1. The van der Waals surface area contributed by atoms with Gasteiger partial charge in [-0.05, 0) is 32.5 Å². The third kappa shape index (κ3) is 3.58. The minimum Gasteiger partial charge on any atom is -0.350 e. The largest absolute Gasteiger partial charge is 0.350 e. The quantitative estimate of drug-likeness (QED) is 0.872. The van der Waals surface area contributed by atoms with Crippen molar-refractivity contribution in [2.75, 3.05) is 11.9 Å². The molecule has 0 amide bonds. The second-order valence-electron chi connectivity index (χ2n) is 5.22. The minimum atomic E-state index is 0.403. The predicted molar refractivity (Wildman–Crippen MR) is 84.8 cm³/mol. The first-order chi connectivity index (χ1) is 9.72. The van der Waals surface area contributed by atoms with Gasteiger partial charge < -0.3 is 10.2 Å². The number of hydrogen-bond donors (Lipinski definition) is 1. The Labute approximate surface area is 121 Å². The highest BCUT2D eigenvalue weighted by Crippen LogP contribution is 2.22. The zero-order valence-electron chi connectivity index (χ0n) is 12.5. The molecule has 20 heavy (non-hydrogen) atoms. The third-order valence-corrected chi connectivity index (χ3v) is 3.33. The fourth-order valence-corrected chi connectivity index (χ4v) is 2.30. The molecule has 0 aliphatic rings. The summed E-state index contributed by atoms with van der Waals surface area (Å²) in [5.74, 6) is 1.07. The van der Waals surface area contributed by atoms with Crippen LogP contribution in [0, 0.1) is 0 Å². The highest BCUT2D eigenvalue weighted by atomic mass is 15.2. The van der Waals surface area contributed by atoms with Crippen molar-refractivity contribution >= 4 is 5.82 Å². The van der Waals surface area contributed by atoms with Crippen molar-refractivity contribution < 1.29 is 0 Å². The SMILES string of the molecule is CNCc1cccnc1N(Cc1ccccc1)C(C)C. The van der Waals surface area contributed by atoms with Crippen LogP contribution in [-0.4, -0.2) is 18.1 Å². The molecule has 0 aliphatic heterocycles. The lowest BCUT2D eigenvalue weighted by molar-refractivity contribution is 0.663. The molecular weight excluding hydrogens is 246 g/mol. The normalized spacial score (nSPS) is 10.8. The summed E-state index contributed by atoms with van der Waals surface area (Å²) in [6, 6.07) is 15.1. The van der Waals surface area contributed by atoms with E-state index in [9.17, 15) is 0 Å². The van der Waals surface area contributed by atoms with E-state index in [0.717, 1.165) is 18.9 Å². The smallest absolute Gasteiger partial charge is 0.133 e. The van der Waals surface area contributed by atoms with E-state index in [-0.39, 0.29) is 0 Å². The Kier molecular flexibility index (Phi) is 5.13. The van der Waals surface area contributed by atoms with Crippen molar-refractivity contribution in [3.05, 3.63) is 59.8 Å². The van der Waals surface area contributed by atoms with Crippen molar-refractivity contribution in [1.29, 1.82) is 0 Å². The molecule has 1 aromatic heterocycles. The van der Waals surface area contributed by atoms with Gasteiger partial charge in [-0.3, -0.25) is 0 Å². The summed E-state index contributed by atoms with van der Waals surface area (Å²) < 4.78 is 0. The number of rotatable bonds is 6. The zero-order chi connectivity index (χ0) is 14.4. The molecule has 0 spiro atoms. The topological polar surface area (TPSA) is 28.2 Å². The molecule has 3 nitrogen and oxygen atoms in total. The van der Waals surface area contributed by atoms with E-state index in [4.69, 9.17) is 0 Å². The maximum Gasteiger partial charge on any atom is 0.133 e. The van der Waals surface area contributed by atoms with Crippen LogP contribution < -0.4 is 10.2 Å². The van der Waals surface area contributed by atoms with Gasteiger partial charge in [-0.1, -0.05) is 36.4 Å². The van der Waals surface area contributed by atoms with Gasteiger partial charge in [0.2, 0.25) is 0 Å². The molecule has 1 heterocycles. The van der Waals surface area contributed by atoms with Crippen LogP contribution in [0.1, 0.15) is 25.0 Å². The molecule has 3 heteroatoms. The average molecular weight is 269 g/mol. The van der Waals surface area contributed by atoms with Gasteiger partial charge in [-0.15, -0.1) is 0 Å². The summed E-state index contributed by atoms with van der Waals surface area (Å²) >= 11 is 0. The molecule has 0 radical (unpaired) electrons. The summed E-state index contributed by atoms with van der Waals surface area (Å²) in [5, 5.41) is 3.22. The Balaban J connectivity index is 2.29. The van der Waals surface area contributed by atoms with Crippen molar-refractivity contribution in [2.45, 2.75) is 33.0 Å². The van der Waals surface area contributed by atoms with Crippen molar-refractivity contribution in [3.8, 4) is 0 Å². The summed E-state index contributed by atoms with van der Waals surface area (Å²) in [6.07, 6.45) is 1.87. The van der Waals surface area contributed by atoms with Crippen molar-refractivity contribution in [1.82, 2.24) is 10.3 Å². The molecule has 0 fully saturated rings. The van der Waals surface area contributed by atoms with E-state index >= 15 is 0 Å². The lowest BCUT2D eigenvalue weighted by Gasteiger charge is -2.29. The average Bonchev–Trinajstić information content (AvgIpc) is 2.47. The van der Waals surface area contributed by atoms with Crippen LogP contribution in [0.4, 0.5) is 5.82 Å². The van der Waals surface area contributed by atoms with Crippen molar-refractivity contribution in [2.24, 2.45) is 0 Å². The van der Waals surface area contributed by atoms with Gasteiger partial charge in [0.25, 0.3) is 0 Å². The fourth-order valence-electron chi connectivity index (χ4n) is 2.30. The molecule has 2 aromatic rings. The number of aromatic nitrogens is 1. The van der Waals surface area contributed by atoms with Crippen LogP contribution in [0.3, 0.4) is 0 Å². The summed E-state index contributed by atoms with van der Waals surface area (Å²) in [6.45, 7) is 6.13. The predicted octanol–water partition coefficient (Wildman–Crippen LogP) is 3.22. The number of benzene rings is 1. The molecule has 0 saturated carbocycles. The summed E-state index contributed by atoms with van der Waals surface area (Å²) in [7, 11) is 1.97. The zero-order valence-corrected chi connectivity index (χ0v) is 12.5. The Bertz CT molecular complexity index is 523. The lowest BCUT2D eigenvalue weighted by atomic mass is 10.1. The first-order valence-electron chi connectivity index (χ1n) is 7.11. The van der Waals surface area contributed by atoms with Crippen LogP contribution in [0.15, 0.2) is 48.7 Å². The number of hydrogen-bond acceptors (Lipinski definition) is 3. The van der Waals surface area contributed by atoms with Crippen molar-refractivity contribution in [3.63, 3.8) is 0 Å². The standard InChI is InChI=1S/C17H23N3/c1-14(2)20(13-15-8-5-4-6-9-15)17-16(12-18-3)10-7-11-19-17/h4-11,14,18H,12-13H2,1-3H3. The molecule has 1 aromatic carbocycles. The highest BCUT2D eigenvalue weighted by molar-refractivity contribution is 5.48. The highest BCUT2D eigenvalue weighted by Gasteiger charge is 2.15. The van der Waals surface area contributed by atoms with Crippen LogP contribution in [0.2, 0.25) is 0 Å². The molecule has 0 atom stereocenters. The van der Waals surface area contributed by atoms with Gasteiger partial charge in [0, 0.05) is 30.9 Å². The molecule has 106 valence electrons. The molecular formula is C17H23N3.